The number of carbonyl (C=O) groups excluding carboxylic acids is 1. The third-order valence-corrected chi connectivity index (χ3v) is 3.43. The fourth-order valence-electron chi connectivity index (χ4n) is 1.38. The highest BCUT2D eigenvalue weighted by Gasteiger charge is 2.31. The molecule has 1 rings (SSSR count). The number of nitrogens with one attached hydrogen (secondary N) is 2. The molecule has 1 atom stereocenters. The van der Waals surface area contributed by atoms with Gasteiger partial charge < -0.3 is 15.7 Å². The number of aliphatic carboxylic acids is 1. The molecule has 0 heterocycles. The van der Waals surface area contributed by atoms with Gasteiger partial charge in [0.15, 0.2) is 0 Å². The van der Waals surface area contributed by atoms with Crippen molar-refractivity contribution >= 4 is 29.3 Å². The molecule has 1 aromatic rings. The molecular weight excluding hydrogens is 287 g/mol. The van der Waals surface area contributed by atoms with Crippen molar-refractivity contribution in [2.75, 3.05) is 11.9 Å². The lowest BCUT2D eigenvalue weighted by atomic mass is 9.88. The molecule has 0 saturated heterocycles. The van der Waals surface area contributed by atoms with Crippen LogP contribution in [0.1, 0.15) is 20.3 Å². The van der Waals surface area contributed by atoms with Gasteiger partial charge in [-0.2, -0.15) is 0 Å². The second-order valence-electron chi connectivity index (χ2n) is 4.65. The first-order chi connectivity index (χ1) is 9.28. The van der Waals surface area contributed by atoms with E-state index in [2.05, 4.69) is 10.6 Å². The van der Waals surface area contributed by atoms with Crippen molar-refractivity contribution in [1.29, 1.82) is 0 Å². The van der Waals surface area contributed by atoms with Gasteiger partial charge in [-0.1, -0.05) is 18.5 Å². The molecule has 0 aliphatic carbocycles. The van der Waals surface area contributed by atoms with Gasteiger partial charge in [0.2, 0.25) is 0 Å². The smallest absolute Gasteiger partial charge is 0.319 e. The lowest BCUT2D eigenvalue weighted by Gasteiger charge is -2.23. The molecule has 110 valence electrons. The van der Waals surface area contributed by atoms with Crippen molar-refractivity contribution in [2.24, 2.45) is 5.41 Å². The molecule has 0 radical (unpaired) electrons. The third-order valence-electron chi connectivity index (χ3n) is 3.12. The number of hydrogen-bond acceptors (Lipinski definition) is 2. The average Bonchev–Trinajstić information content (AvgIpc) is 2.39. The van der Waals surface area contributed by atoms with E-state index in [4.69, 9.17) is 16.7 Å². The fraction of sp³-hybridized carbons (Fsp3) is 0.385. The van der Waals surface area contributed by atoms with Gasteiger partial charge in [-0.3, -0.25) is 4.79 Å². The van der Waals surface area contributed by atoms with Crippen LogP contribution in [0.25, 0.3) is 0 Å². The summed E-state index contributed by atoms with van der Waals surface area (Å²) in [6.45, 7) is 3.24. The Balaban J connectivity index is 2.62. The van der Waals surface area contributed by atoms with Crippen LogP contribution >= 0.6 is 11.6 Å². The average molecular weight is 303 g/mol. The highest BCUT2D eigenvalue weighted by Crippen LogP contribution is 2.23. The summed E-state index contributed by atoms with van der Waals surface area (Å²) in [4.78, 5) is 22.7. The number of rotatable bonds is 5. The van der Waals surface area contributed by atoms with Crippen LogP contribution in [0.4, 0.5) is 14.9 Å². The van der Waals surface area contributed by atoms with Crippen LogP contribution in [0.3, 0.4) is 0 Å². The number of anilines is 1. The summed E-state index contributed by atoms with van der Waals surface area (Å²) in [5, 5.41) is 14.0. The highest BCUT2D eigenvalue weighted by molar-refractivity contribution is 6.33. The van der Waals surface area contributed by atoms with Crippen LogP contribution in [-0.2, 0) is 4.79 Å². The largest absolute Gasteiger partial charge is 0.481 e. The molecule has 1 aromatic carbocycles. The minimum Gasteiger partial charge on any atom is -0.481 e. The molecule has 0 spiro atoms. The Bertz CT molecular complexity index is 524. The molecule has 2 amide bonds. The van der Waals surface area contributed by atoms with E-state index in [0.717, 1.165) is 12.1 Å². The van der Waals surface area contributed by atoms with Crippen LogP contribution in [0, 0.1) is 11.2 Å². The maximum absolute atomic E-state index is 12.8. The van der Waals surface area contributed by atoms with Gasteiger partial charge in [-0.05, 0) is 31.5 Å². The zero-order valence-corrected chi connectivity index (χ0v) is 11.9. The number of benzene rings is 1. The first-order valence-electron chi connectivity index (χ1n) is 6.02. The van der Waals surface area contributed by atoms with Crippen LogP contribution in [0.2, 0.25) is 5.02 Å². The maximum atomic E-state index is 12.8. The van der Waals surface area contributed by atoms with Gasteiger partial charge in [0.25, 0.3) is 0 Å². The van der Waals surface area contributed by atoms with Crippen molar-refractivity contribution in [3.63, 3.8) is 0 Å². The van der Waals surface area contributed by atoms with E-state index < -0.39 is 23.2 Å². The summed E-state index contributed by atoms with van der Waals surface area (Å²) >= 11 is 5.76. The summed E-state index contributed by atoms with van der Waals surface area (Å²) in [6, 6.07) is 2.96. The van der Waals surface area contributed by atoms with Crippen molar-refractivity contribution in [2.45, 2.75) is 20.3 Å². The lowest BCUT2D eigenvalue weighted by Crippen LogP contribution is -2.42. The Morgan fingerprint density at radius 3 is 2.60 bits per heavy atom. The molecular formula is C13H16ClFN2O3. The summed E-state index contributed by atoms with van der Waals surface area (Å²) in [7, 11) is 0. The minimum absolute atomic E-state index is 0.0243. The van der Waals surface area contributed by atoms with E-state index in [1.54, 1.807) is 13.8 Å². The van der Waals surface area contributed by atoms with Crippen molar-refractivity contribution in [1.82, 2.24) is 5.32 Å². The summed E-state index contributed by atoms with van der Waals surface area (Å²) < 4.78 is 12.8. The predicted octanol–water partition coefficient (Wildman–Crippen LogP) is 3.10. The van der Waals surface area contributed by atoms with Crippen LogP contribution in [0.15, 0.2) is 18.2 Å². The first-order valence-corrected chi connectivity index (χ1v) is 6.39. The Labute approximate surface area is 121 Å². The summed E-state index contributed by atoms with van der Waals surface area (Å²) in [5.74, 6) is -1.49. The van der Waals surface area contributed by atoms with E-state index in [-0.39, 0.29) is 17.3 Å². The number of halogens is 2. The zero-order valence-electron chi connectivity index (χ0n) is 11.2. The summed E-state index contributed by atoms with van der Waals surface area (Å²) in [5.41, 5.74) is -0.789. The van der Waals surface area contributed by atoms with Gasteiger partial charge in [0.1, 0.15) is 5.82 Å². The minimum atomic E-state index is -1.04. The quantitative estimate of drug-likeness (QED) is 0.782. The van der Waals surface area contributed by atoms with Gasteiger partial charge in [0.05, 0.1) is 16.1 Å². The molecule has 3 N–H and O–H groups in total. The number of amides is 2. The lowest BCUT2D eigenvalue weighted by molar-refractivity contribution is -0.147. The second-order valence-corrected chi connectivity index (χ2v) is 5.06. The van der Waals surface area contributed by atoms with Gasteiger partial charge >= 0.3 is 12.0 Å². The van der Waals surface area contributed by atoms with Gasteiger partial charge in [-0.25, -0.2) is 9.18 Å². The SMILES string of the molecule is CCC(C)(CNC(=O)Nc1ccc(F)cc1Cl)C(=O)O. The maximum Gasteiger partial charge on any atom is 0.319 e. The Hall–Kier alpha value is -1.82. The number of carbonyl (C=O) groups is 2. The molecule has 0 aromatic heterocycles. The van der Waals surface area contributed by atoms with E-state index in [0.29, 0.717) is 6.42 Å². The topological polar surface area (TPSA) is 78.4 Å². The number of hydrogen-bond donors (Lipinski definition) is 3. The Kier molecular flexibility index (Phi) is 5.33. The van der Waals surface area contributed by atoms with Gasteiger partial charge in [0, 0.05) is 6.54 Å². The molecule has 7 heteroatoms. The molecule has 5 nitrogen and oxygen atoms in total. The fourth-order valence-corrected chi connectivity index (χ4v) is 1.60. The molecule has 20 heavy (non-hydrogen) atoms. The molecule has 0 aliphatic rings. The van der Waals surface area contributed by atoms with E-state index in [9.17, 15) is 14.0 Å². The van der Waals surface area contributed by atoms with Crippen LogP contribution in [0.5, 0.6) is 0 Å². The van der Waals surface area contributed by atoms with Crippen molar-refractivity contribution < 1.29 is 19.1 Å². The van der Waals surface area contributed by atoms with E-state index in [1.807, 2.05) is 0 Å². The van der Waals surface area contributed by atoms with Crippen molar-refractivity contribution in [3.8, 4) is 0 Å². The van der Waals surface area contributed by atoms with E-state index in [1.165, 1.54) is 6.07 Å². The number of carboxylic acid groups (broad SMARTS) is 1. The first kappa shape index (κ1) is 16.2. The molecule has 0 fully saturated rings. The Morgan fingerprint density at radius 1 is 1.45 bits per heavy atom. The Morgan fingerprint density at radius 2 is 2.10 bits per heavy atom. The van der Waals surface area contributed by atoms with Crippen LogP contribution in [-0.4, -0.2) is 23.7 Å². The molecule has 0 saturated carbocycles. The summed E-state index contributed by atoms with van der Waals surface area (Å²) in [6.07, 6.45) is 0.375. The third kappa shape index (κ3) is 4.09. The number of carboxylic acids is 1. The standard InChI is InChI=1S/C13H16ClFN2O3/c1-3-13(2,11(18)19)7-16-12(20)17-10-5-4-8(15)6-9(10)14/h4-6H,3,7H2,1-2H3,(H,18,19)(H2,16,17,20). The molecule has 0 aliphatic heterocycles. The monoisotopic (exact) mass is 302 g/mol. The highest BCUT2D eigenvalue weighted by atomic mass is 35.5. The van der Waals surface area contributed by atoms with Crippen LogP contribution < -0.4 is 10.6 Å². The molecule has 0 bridgehead atoms. The van der Waals surface area contributed by atoms with E-state index >= 15 is 0 Å². The molecule has 1 unspecified atom stereocenters. The predicted molar refractivity (Wildman–Crippen MR) is 74.5 cm³/mol. The second kappa shape index (κ2) is 6.56. The zero-order chi connectivity index (χ0) is 15.3. The number of urea groups is 1. The van der Waals surface area contributed by atoms with Crippen molar-refractivity contribution in [3.05, 3.63) is 29.0 Å². The van der Waals surface area contributed by atoms with Gasteiger partial charge in [-0.15, -0.1) is 0 Å². The normalized spacial score (nSPS) is 13.4.